The van der Waals surface area contributed by atoms with Crippen LogP contribution in [0.3, 0.4) is 0 Å². The second-order valence-corrected chi connectivity index (χ2v) is 5.97. The number of nitrogens with zero attached hydrogens (tertiary/aromatic N) is 1. The van der Waals surface area contributed by atoms with E-state index in [1.807, 2.05) is 32.0 Å². The maximum Gasteiger partial charge on any atom is 0.244 e. The second-order valence-electron chi connectivity index (χ2n) is 5.97. The first kappa shape index (κ1) is 14.8. The van der Waals surface area contributed by atoms with Crippen LogP contribution in [0.5, 0.6) is 0 Å². The Kier molecular flexibility index (Phi) is 4.58. The van der Waals surface area contributed by atoms with Crippen molar-refractivity contribution in [2.24, 2.45) is 10.9 Å². The molecule has 108 valence electrons. The van der Waals surface area contributed by atoms with Gasteiger partial charge in [-0.2, -0.15) is 0 Å². The molecule has 0 heterocycles. The molecule has 3 atom stereocenters. The van der Waals surface area contributed by atoms with E-state index in [-0.39, 0.29) is 18.0 Å². The van der Waals surface area contributed by atoms with Gasteiger partial charge in [-0.25, -0.2) is 0 Å². The Morgan fingerprint density at radius 1 is 1.25 bits per heavy atom. The van der Waals surface area contributed by atoms with Crippen molar-refractivity contribution in [2.45, 2.75) is 52.1 Å². The third-order valence-corrected chi connectivity index (χ3v) is 3.96. The molecule has 3 unspecified atom stereocenters. The summed E-state index contributed by atoms with van der Waals surface area (Å²) in [7, 11) is 0. The number of rotatable bonds is 5. The van der Waals surface area contributed by atoms with Gasteiger partial charge in [0.15, 0.2) is 0 Å². The number of hydrogen-bond donors (Lipinski definition) is 1. The van der Waals surface area contributed by atoms with Gasteiger partial charge in [0.2, 0.25) is 5.91 Å². The van der Waals surface area contributed by atoms with Gasteiger partial charge >= 0.3 is 0 Å². The average Bonchev–Trinajstić information content (AvgIpc) is 3.18. The summed E-state index contributed by atoms with van der Waals surface area (Å²) in [6.45, 7) is 8.03. The predicted molar refractivity (Wildman–Crippen MR) is 83.1 cm³/mol. The maximum absolute atomic E-state index is 12.1. The van der Waals surface area contributed by atoms with E-state index in [9.17, 15) is 4.79 Å². The maximum atomic E-state index is 12.1. The zero-order valence-corrected chi connectivity index (χ0v) is 12.8. The van der Waals surface area contributed by atoms with Crippen molar-refractivity contribution < 1.29 is 4.79 Å². The number of nitrogens with one attached hydrogen (secondary N) is 1. The third kappa shape index (κ3) is 3.69. The molecule has 1 aliphatic rings. The normalized spacial score (nSPS) is 23.6. The number of amides is 1. The van der Waals surface area contributed by atoms with Gasteiger partial charge in [-0.1, -0.05) is 44.2 Å². The summed E-state index contributed by atoms with van der Waals surface area (Å²) in [5.41, 5.74) is 2.34. The molecule has 20 heavy (non-hydrogen) atoms. The fourth-order valence-electron chi connectivity index (χ4n) is 2.24. The molecule has 0 aromatic heterocycles. The van der Waals surface area contributed by atoms with Crippen molar-refractivity contribution in [3.63, 3.8) is 0 Å². The van der Waals surface area contributed by atoms with E-state index in [4.69, 9.17) is 0 Å². The molecule has 2 rings (SSSR count). The zero-order valence-electron chi connectivity index (χ0n) is 12.8. The fraction of sp³-hybridized carbons (Fsp3) is 0.529. The second kappa shape index (κ2) is 6.21. The SMILES string of the molecule is CC(=NC(C)C(=O)NC1CC1c1ccccc1)C(C)C. The van der Waals surface area contributed by atoms with Crippen LogP contribution in [0.2, 0.25) is 0 Å². The number of aliphatic imine (C=N–C) groups is 1. The van der Waals surface area contributed by atoms with Gasteiger partial charge in [0.05, 0.1) is 0 Å². The third-order valence-electron chi connectivity index (χ3n) is 3.96. The zero-order chi connectivity index (χ0) is 14.7. The molecule has 0 bridgehead atoms. The lowest BCUT2D eigenvalue weighted by atomic mass is 10.1. The highest BCUT2D eigenvalue weighted by Crippen LogP contribution is 2.40. The minimum Gasteiger partial charge on any atom is -0.351 e. The first-order valence-corrected chi connectivity index (χ1v) is 7.38. The monoisotopic (exact) mass is 272 g/mol. The summed E-state index contributed by atoms with van der Waals surface area (Å²) in [6.07, 6.45) is 1.04. The molecule has 3 heteroatoms. The lowest BCUT2D eigenvalue weighted by Crippen LogP contribution is -2.34. The Hall–Kier alpha value is -1.64. The number of benzene rings is 1. The standard InChI is InChI=1S/C17H24N2O/c1-11(2)12(3)18-13(4)17(20)19-16-10-15(16)14-8-6-5-7-9-14/h5-9,11,13,15-16H,10H2,1-4H3,(H,19,20). The van der Waals surface area contributed by atoms with Gasteiger partial charge in [-0.15, -0.1) is 0 Å². The average molecular weight is 272 g/mol. The number of carbonyl (C=O) groups excluding carboxylic acids is 1. The Bertz CT molecular complexity index is 493. The van der Waals surface area contributed by atoms with E-state index in [0.29, 0.717) is 11.8 Å². The van der Waals surface area contributed by atoms with Crippen molar-refractivity contribution in [3.05, 3.63) is 35.9 Å². The quantitative estimate of drug-likeness (QED) is 0.822. The van der Waals surface area contributed by atoms with Crippen LogP contribution < -0.4 is 5.32 Å². The van der Waals surface area contributed by atoms with Gasteiger partial charge in [-0.3, -0.25) is 9.79 Å². The molecule has 0 saturated heterocycles. The van der Waals surface area contributed by atoms with Crippen molar-refractivity contribution in [3.8, 4) is 0 Å². The highest BCUT2D eigenvalue weighted by molar-refractivity contribution is 5.89. The van der Waals surface area contributed by atoms with E-state index in [1.54, 1.807) is 0 Å². The molecule has 1 saturated carbocycles. The van der Waals surface area contributed by atoms with Gasteiger partial charge < -0.3 is 5.32 Å². The van der Waals surface area contributed by atoms with Crippen LogP contribution in [0.1, 0.15) is 45.6 Å². The lowest BCUT2D eigenvalue weighted by molar-refractivity contribution is -0.122. The highest BCUT2D eigenvalue weighted by Gasteiger charge is 2.39. The first-order chi connectivity index (χ1) is 9.49. The topological polar surface area (TPSA) is 41.5 Å². The molecular weight excluding hydrogens is 248 g/mol. The lowest BCUT2D eigenvalue weighted by Gasteiger charge is -2.11. The summed E-state index contributed by atoms with van der Waals surface area (Å²) >= 11 is 0. The molecule has 1 amide bonds. The summed E-state index contributed by atoms with van der Waals surface area (Å²) in [5, 5.41) is 3.10. The number of carbonyl (C=O) groups is 1. The first-order valence-electron chi connectivity index (χ1n) is 7.38. The van der Waals surface area contributed by atoms with Crippen molar-refractivity contribution in [1.29, 1.82) is 0 Å². The Balaban J connectivity index is 1.86. The van der Waals surface area contributed by atoms with Crippen LogP contribution >= 0.6 is 0 Å². The summed E-state index contributed by atoms with van der Waals surface area (Å²) in [4.78, 5) is 16.6. The smallest absolute Gasteiger partial charge is 0.244 e. The summed E-state index contributed by atoms with van der Waals surface area (Å²) in [5.74, 6) is 0.902. The van der Waals surface area contributed by atoms with E-state index >= 15 is 0 Å². The molecular formula is C17H24N2O. The molecule has 1 aromatic carbocycles. The predicted octanol–water partition coefficient (Wildman–Crippen LogP) is 3.16. The molecule has 0 aliphatic heterocycles. The van der Waals surface area contributed by atoms with Crippen LogP contribution in [0.15, 0.2) is 35.3 Å². The minimum atomic E-state index is -0.297. The molecule has 1 aliphatic carbocycles. The Morgan fingerprint density at radius 2 is 1.90 bits per heavy atom. The summed E-state index contributed by atoms with van der Waals surface area (Å²) < 4.78 is 0. The highest BCUT2D eigenvalue weighted by atomic mass is 16.2. The Morgan fingerprint density at radius 3 is 2.50 bits per heavy atom. The Labute approximate surface area is 121 Å². The fourth-order valence-corrected chi connectivity index (χ4v) is 2.24. The minimum absolute atomic E-state index is 0.0356. The van der Waals surface area contributed by atoms with E-state index in [0.717, 1.165) is 12.1 Å². The van der Waals surface area contributed by atoms with E-state index in [2.05, 4.69) is 36.3 Å². The van der Waals surface area contributed by atoms with Crippen LogP contribution in [0.25, 0.3) is 0 Å². The summed E-state index contributed by atoms with van der Waals surface area (Å²) in [6, 6.07) is 10.3. The molecule has 1 N–H and O–H groups in total. The molecule has 0 spiro atoms. The van der Waals surface area contributed by atoms with E-state index < -0.39 is 0 Å². The van der Waals surface area contributed by atoms with Crippen molar-refractivity contribution in [2.75, 3.05) is 0 Å². The van der Waals surface area contributed by atoms with Gasteiger partial charge in [0, 0.05) is 17.7 Å². The van der Waals surface area contributed by atoms with Crippen LogP contribution in [0, 0.1) is 5.92 Å². The van der Waals surface area contributed by atoms with Gasteiger partial charge in [0.1, 0.15) is 6.04 Å². The van der Waals surface area contributed by atoms with Gasteiger partial charge in [-0.05, 0) is 31.7 Å². The van der Waals surface area contributed by atoms with Crippen molar-refractivity contribution >= 4 is 11.6 Å². The van der Waals surface area contributed by atoms with Gasteiger partial charge in [0.25, 0.3) is 0 Å². The molecule has 1 fully saturated rings. The molecule has 0 radical (unpaired) electrons. The largest absolute Gasteiger partial charge is 0.351 e. The van der Waals surface area contributed by atoms with Crippen molar-refractivity contribution in [1.82, 2.24) is 5.32 Å². The molecule has 3 nitrogen and oxygen atoms in total. The van der Waals surface area contributed by atoms with E-state index in [1.165, 1.54) is 5.56 Å². The molecule has 1 aromatic rings. The number of hydrogen-bond acceptors (Lipinski definition) is 2. The van der Waals surface area contributed by atoms with Crippen LogP contribution in [-0.2, 0) is 4.79 Å². The van der Waals surface area contributed by atoms with Crippen LogP contribution in [0.4, 0.5) is 0 Å². The van der Waals surface area contributed by atoms with Crippen LogP contribution in [-0.4, -0.2) is 23.7 Å².